The molecule has 0 rings (SSSR count). The Hall–Kier alpha value is -2.38. The molecule has 12 nitrogen and oxygen atoms in total. The van der Waals surface area contributed by atoms with Crippen LogP contribution in [0.25, 0.3) is 0 Å². The first-order chi connectivity index (χ1) is 14.8. The van der Waals surface area contributed by atoms with E-state index in [0.29, 0.717) is 12.2 Å². The first-order valence-electron chi connectivity index (χ1n) is 10.1. The van der Waals surface area contributed by atoms with E-state index in [4.69, 9.17) is 15.9 Å². The second-order valence-electron chi connectivity index (χ2n) is 7.48. The molecule has 8 N–H and O–H groups in total. The molecule has 6 unspecified atom stereocenters. The number of amides is 3. The van der Waals surface area contributed by atoms with Crippen molar-refractivity contribution in [1.29, 1.82) is 0 Å². The molecular weight excluding hydrogens is 444 g/mol. The Labute approximate surface area is 191 Å². The molecule has 3 amide bonds. The smallest absolute Gasteiger partial charge is 0.326 e. The second kappa shape index (κ2) is 14.6. The molecule has 0 bridgehead atoms. The van der Waals surface area contributed by atoms with Crippen LogP contribution in [0, 0.1) is 5.92 Å². The van der Waals surface area contributed by atoms with Crippen LogP contribution < -0.4 is 21.7 Å². The highest BCUT2D eigenvalue weighted by molar-refractivity contribution is 7.98. The maximum Gasteiger partial charge on any atom is 0.326 e. The summed E-state index contributed by atoms with van der Waals surface area (Å²) in [6, 6.07) is -5.21. The van der Waals surface area contributed by atoms with E-state index in [9.17, 15) is 29.1 Å². The first kappa shape index (κ1) is 29.6. The van der Waals surface area contributed by atoms with Gasteiger partial charge in [0.1, 0.15) is 18.1 Å². The third kappa shape index (κ3) is 10.3. The van der Waals surface area contributed by atoms with Crippen molar-refractivity contribution in [3.8, 4) is 0 Å². The number of thioether (sulfide) groups is 1. The SMILES string of the molecule is CCC(C)C(N)C(=O)NC(C(=O)NC(CCSC)C(=O)NC(CC(=O)O)C(=O)O)C(C)O. The van der Waals surface area contributed by atoms with Gasteiger partial charge in [0, 0.05) is 0 Å². The van der Waals surface area contributed by atoms with E-state index in [2.05, 4.69) is 16.0 Å². The van der Waals surface area contributed by atoms with E-state index in [1.165, 1.54) is 18.7 Å². The summed E-state index contributed by atoms with van der Waals surface area (Å²) < 4.78 is 0. The zero-order chi connectivity index (χ0) is 25.0. The van der Waals surface area contributed by atoms with Crippen LogP contribution in [0.4, 0.5) is 0 Å². The van der Waals surface area contributed by atoms with Gasteiger partial charge in [-0.3, -0.25) is 19.2 Å². The predicted octanol–water partition coefficient (Wildman–Crippen LogP) is -1.49. The molecule has 32 heavy (non-hydrogen) atoms. The van der Waals surface area contributed by atoms with Crippen LogP contribution in [0.3, 0.4) is 0 Å². The summed E-state index contributed by atoms with van der Waals surface area (Å²) >= 11 is 1.37. The molecule has 184 valence electrons. The Morgan fingerprint density at radius 2 is 1.50 bits per heavy atom. The fourth-order valence-electron chi connectivity index (χ4n) is 2.58. The molecular formula is C19H34N4O8S. The van der Waals surface area contributed by atoms with E-state index in [-0.39, 0.29) is 12.3 Å². The van der Waals surface area contributed by atoms with Crippen molar-refractivity contribution in [1.82, 2.24) is 16.0 Å². The zero-order valence-corrected chi connectivity index (χ0v) is 19.5. The van der Waals surface area contributed by atoms with E-state index in [1.54, 1.807) is 13.2 Å². The summed E-state index contributed by atoms with van der Waals surface area (Å²) in [5.74, 6) is -5.11. The topological polar surface area (TPSA) is 208 Å². The van der Waals surface area contributed by atoms with Gasteiger partial charge in [0.15, 0.2) is 0 Å². The Kier molecular flexibility index (Phi) is 13.5. The van der Waals surface area contributed by atoms with Crippen molar-refractivity contribution in [3.05, 3.63) is 0 Å². The number of carboxylic acids is 2. The molecule has 0 spiro atoms. The molecule has 6 atom stereocenters. The molecule has 0 aliphatic carbocycles. The summed E-state index contributed by atoms with van der Waals surface area (Å²) in [5.41, 5.74) is 5.86. The van der Waals surface area contributed by atoms with Gasteiger partial charge in [0.2, 0.25) is 17.7 Å². The number of carbonyl (C=O) groups is 5. The lowest BCUT2D eigenvalue weighted by molar-refractivity contribution is -0.147. The Balaban J connectivity index is 5.44. The maximum atomic E-state index is 12.7. The number of aliphatic carboxylic acids is 2. The van der Waals surface area contributed by atoms with Crippen molar-refractivity contribution in [2.45, 2.75) is 70.3 Å². The average Bonchev–Trinajstić information content (AvgIpc) is 2.71. The van der Waals surface area contributed by atoms with Crippen LogP contribution in [0.1, 0.15) is 40.0 Å². The Morgan fingerprint density at radius 3 is 1.94 bits per heavy atom. The molecule has 0 aromatic heterocycles. The van der Waals surface area contributed by atoms with Gasteiger partial charge < -0.3 is 37.0 Å². The van der Waals surface area contributed by atoms with Gasteiger partial charge >= 0.3 is 11.9 Å². The molecule has 0 saturated heterocycles. The number of nitrogens with one attached hydrogen (secondary N) is 3. The number of carbonyl (C=O) groups excluding carboxylic acids is 3. The van der Waals surface area contributed by atoms with E-state index in [1.807, 2.05) is 6.92 Å². The van der Waals surface area contributed by atoms with Crippen LogP contribution in [0.5, 0.6) is 0 Å². The quantitative estimate of drug-likeness (QED) is 0.145. The van der Waals surface area contributed by atoms with Crippen molar-refractivity contribution >= 4 is 41.4 Å². The summed E-state index contributed by atoms with van der Waals surface area (Å²) in [4.78, 5) is 59.7. The number of carboxylic acid groups (broad SMARTS) is 2. The standard InChI is InChI=1S/C19H34N4O8S/c1-5-9(2)14(20)17(28)23-15(10(3)24)18(29)21-11(6-7-32-4)16(27)22-12(19(30)31)8-13(25)26/h9-12,14-15,24H,5-8,20H2,1-4H3,(H,21,29)(H,22,27)(H,23,28)(H,25,26)(H,30,31). The summed E-state index contributed by atoms with van der Waals surface area (Å²) in [5, 5.41) is 34.8. The number of aliphatic hydroxyl groups excluding tert-OH is 1. The van der Waals surface area contributed by atoms with Crippen molar-refractivity contribution in [2.24, 2.45) is 11.7 Å². The maximum absolute atomic E-state index is 12.7. The predicted molar refractivity (Wildman–Crippen MR) is 118 cm³/mol. The minimum absolute atomic E-state index is 0.102. The monoisotopic (exact) mass is 478 g/mol. The highest BCUT2D eigenvalue weighted by Gasteiger charge is 2.33. The lowest BCUT2D eigenvalue weighted by atomic mass is 9.98. The second-order valence-corrected chi connectivity index (χ2v) is 8.46. The number of aliphatic hydroxyl groups is 1. The summed E-state index contributed by atoms with van der Waals surface area (Å²) in [6.07, 6.45) is 0.329. The van der Waals surface area contributed by atoms with Gasteiger partial charge in [-0.25, -0.2) is 4.79 Å². The third-order valence-corrected chi connectivity index (χ3v) is 5.50. The Morgan fingerprint density at radius 1 is 0.938 bits per heavy atom. The lowest BCUT2D eigenvalue weighted by Crippen LogP contribution is -2.60. The highest BCUT2D eigenvalue weighted by Crippen LogP contribution is 2.08. The van der Waals surface area contributed by atoms with Gasteiger partial charge in [-0.1, -0.05) is 20.3 Å². The molecule has 0 aromatic rings. The number of hydrogen-bond acceptors (Lipinski definition) is 8. The van der Waals surface area contributed by atoms with Gasteiger partial charge in [0.25, 0.3) is 0 Å². The van der Waals surface area contributed by atoms with E-state index >= 15 is 0 Å². The van der Waals surface area contributed by atoms with Crippen LogP contribution >= 0.6 is 11.8 Å². The minimum Gasteiger partial charge on any atom is -0.481 e. The summed E-state index contributed by atoms with van der Waals surface area (Å²) in [6.45, 7) is 4.89. The van der Waals surface area contributed by atoms with Crippen molar-refractivity contribution < 1.29 is 39.3 Å². The zero-order valence-electron chi connectivity index (χ0n) is 18.7. The molecule has 0 heterocycles. The fraction of sp³-hybridized carbons (Fsp3) is 0.737. The molecule has 0 aromatic carbocycles. The first-order valence-corrected chi connectivity index (χ1v) is 11.5. The molecule has 0 saturated carbocycles. The Bertz CT molecular complexity index is 676. The van der Waals surface area contributed by atoms with Gasteiger partial charge in [-0.05, 0) is 31.3 Å². The minimum atomic E-state index is -1.69. The number of rotatable bonds is 15. The van der Waals surface area contributed by atoms with Crippen LogP contribution in [-0.4, -0.2) is 87.3 Å². The van der Waals surface area contributed by atoms with E-state index in [0.717, 1.165) is 0 Å². The van der Waals surface area contributed by atoms with Crippen molar-refractivity contribution in [3.63, 3.8) is 0 Å². The van der Waals surface area contributed by atoms with E-state index < -0.39 is 66.4 Å². The van der Waals surface area contributed by atoms with Crippen LogP contribution in [0.2, 0.25) is 0 Å². The fourth-order valence-corrected chi connectivity index (χ4v) is 3.05. The van der Waals surface area contributed by atoms with Crippen LogP contribution in [0.15, 0.2) is 0 Å². The number of hydrogen-bond donors (Lipinski definition) is 7. The lowest BCUT2D eigenvalue weighted by Gasteiger charge is -2.27. The van der Waals surface area contributed by atoms with Crippen molar-refractivity contribution in [2.75, 3.05) is 12.0 Å². The van der Waals surface area contributed by atoms with Gasteiger partial charge in [0.05, 0.1) is 18.6 Å². The normalized spacial score (nSPS) is 16.6. The summed E-state index contributed by atoms with van der Waals surface area (Å²) in [7, 11) is 0. The van der Waals surface area contributed by atoms with Gasteiger partial charge in [-0.2, -0.15) is 11.8 Å². The third-order valence-electron chi connectivity index (χ3n) is 4.86. The number of nitrogens with two attached hydrogens (primary N) is 1. The van der Waals surface area contributed by atoms with Gasteiger partial charge in [-0.15, -0.1) is 0 Å². The highest BCUT2D eigenvalue weighted by atomic mass is 32.2. The molecule has 0 aliphatic rings. The largest absolute Gasteiger partial charge is 0.481 e. The van der Waals surface area contributed by atoms with Crippen LogP contribution in [-0.2, 0) is 24.0 Å². The average molecular weight is 479 g/mol. The molecule has 13 heteroatoms. The molecule has 0 radical (unpaired) electrons. The molecule has 0 fully saturated rings. The molecule has 0 aliphatic heterocycles.